The number of imidazole rings is 1. The van der Waals surface area contributed by atoms with Gasteiger partial charge in [0, 0.05) is 22.8 Å². The van der Waals surface area contributed by atoms with E-state index in [1.165, 1.54) is 0 Å². The minimum atomic E-state index is 0.623. The number of aromatic nitrogens is 2. The van der Waals surface area contributed by atoms with E-state index in [1.54, 1.807) is 0 Å². The van der Waals surface area contributed by atoms with E-state index in [2.05, 4.69) is 41.7 Å². The molecular formula is C16H22ClN3. The first-order valence-corrected chi connectivity index (χ1v) is 7.37. The van der Waals surface area contributed by atoms with Crippen molar-refractivity contribution < 1.29 is 0 Å². The fraction of sp³-hybridized carbons (Fsp3) is 0.438. The highest BCUT2D eigenvalue weighted by Crippen LogP contribution is 2.25. The van der Waals surface area contributed by atoms with Crippen molar-refractivity contribution >= 4 is 11.6 Å². The molecule has 0 atom stereocenters. The fourth-order valence-electron chi connectivity index (χ4n) is 2.18. The molecule has 1 heterocycles. The highest BCUT2D eigenvalue weighted by atomic mass is 35.5. The second-order valence-corrected chi connectivity index (χ2v) is 5.95. The van der Waals surface area contributed by atoms with Gasteiger partial charge in [0.2, 0.25) is 0 Å². The van der Waals surface area contributed by atoms with Crippen molar-refractivity contribution in [1.29, 1.82) is 0 Å². The van der Waals surface area contributed by atoms with Gasteiger partial charge in [0.05, 0.1) is 17.7 Å². The van der Waals surface area contributed by atoms with E-state index in [1.807, 2.05) is 25.4 Å². The summed E-state index contributed by atoms with van der Waals surface area (Å²) in [4.78, 5) is 4.37. The number of aryl methyl sites for hydroxylation is 1. The first-order chi connectivity index (χ1) is 9.50. The summed E-state index contributed by atoms with van der Waals surface area (Å²) in [6, 6.07) is 6.02. The molecule has 108 valence electrons. The Balaban J connectivity index is 2.33. The summed E-state index contributed by atoms with van der Waals surface area (Å²) >= 11 is 6.38. The van der Waals surface area contributed by atoms with Crippen molar-refractivity contribution in [2.24, 2.45) is 5.92 Å². The lowest BCUT2D eigenvalue weighted by atomic mass is 10.1. The van der Waals surface area contributed by atoms with Crippen molar-refractivity contribution in [2.75, 3.05) is 6.54 Å². The topological polar surface area (TPSA) is 29.9 Å². The summed E-state index contributed by atoms with van der Waals surface area (Å²) in [6.07, 6.45) is 1.86. The largest absolute Gasteiger partial charge is 0.312 e. The molecule has 0 saturated heterocycles. The predicted octanol–water partition coefficient (Wildman–Crippen LogP) is 3.89. The molecule has 0 amide bonds. The number of benzene rings is 1. The van der Waals surface area contributed by atoms with E-state index in [0.29, 0.717) is 5.92 Å². The number of rotatable bonds is 5. The van der Waals surface area contributed by atoms with Gasteiger partial charge in [-0.25, -0.2) is 4.98 Å². The molecule has 1 N–H and O–H groups in total. The van der Waals surface area contributed by atoms with Crippen LogP contribution in [0.1, 0.15) is 30.8 Å². The highest BCUT2D eigenvalue weighted by Gasteiger charge is 2.11. The molecule has 0 unspecified atom stereocenters. The maximum atomic E-state index is 6.38. The minimum absolute atomic E-state index is 0.623. The van der Waals surface area contributed by atoms with Crippen molar-refractivity contribution in [1.82, 2.24) is 14.9 Å². The van der Waals surface area contributed by atoms with Gasteiger partial charge in [-0.1, -0.05) is 31.5 Å². The van der Waals surface area contributed by atoms with Crippen LogP contribution in [0.25, 0.3) is 5.69 Å². The summed E-state index contributed by atoms with van der Waals surface area (Å²) in [6.45, 7) is 10.2. The lowest BCUT2D eigenvalue weighted by Gasteiger charge is -2.15. The molecule has 1 aromatic heterocycles. The van der Waals surface area contributed by atoms with Gasteiger partial charge in [-0.3, -0.25) is 0 Å². The van der Waals surface area contributed by atoms with Crippen LogP contribution < -0.4 is 5.32 Å². The van der Waals surface area contributed by atoms with Crippen LogP contribution in [0.15, 0.2) is 24.5 Å². The lowest BCUT2D eigenvalue weighted by molar-refractivity contribution is 0.551. The Morgan fingerprint density at radius 1 is 1.30 bits per heavy atom. The average Bonchev–Trinajstić information content (AvgIpc) is 2.72. The smallest absolute Gasteiger partial charge is 0.0997 e. The Hall–Kier alpha value is -1.32. The van der Waals surface area contributed by atoms with Gasteiger partial charge in [-0.15, -0.1) is 0 Å². The summed E-state index contributed by atoms with van der Waals surface area (Å²) in [7, 11) is 0. The molecular weight excluding hydrogens is 270 g/mol. The molecule has 0 radical (unpaired) electrons. The number of nitrogens with one attached hydrogen (secondary N) is 1. The van der Waals surface area contributed by atoms with E-state index in [9.17, 15) is 0 Å². The second-order valence-electron chi connectivity index (χ2n) is 5.55. The Bertz CT molecular complexity index is 587. The molecule has 0 aliphatic rings. The van der Waals surface area contributed by atoms with Gasteiger partial charge in [0.25, 0.3) is 0 Å². The van der Waals surface area contributed by atoms with E-state index >= 15 is 0 Å². The van der Waals surface area contributed by atoms with Gasteiger partial charge in [0.1, 0.15) is 0 Å². The monoisotopic (exact) mass is 291 g/mol. The zero-order chi connectivity index (χ0) is 14.7. The quantitative estimate of drug-likeness (QED) is 0.906. The minimum Gasteiger partial charge on any atom is -0.312 e. The summed E-state index contributed by atoms with van der Waals surface area (Å²) in [5.41, 5.74) is 4.42. The van der Waals surface area contributed by atoms with Gasteiger partial charge < -0.3 is 9.88 Å². The molecule has 2 rings (SSSR count). The van der Waals surface area contributed by atoms with Crippen molar-refractivity contribution in [3.63, 3.8) is 0 Å². The third-order valence-electron chi connectivity index (χ3n) is 3.46. The van der Waals surface area contributed by atoms with Gasteiger partial charge in [-0.2, -0.15) is 0 Å². The SMILES string of the molecule is Cc1ncn(-c2cccc(Cl)c2CNCC(C)C)c1C. The average molecular weight is 292 g/mol. The van der Waals surface area contributed by atoms with Crippen LogP contribution >= 0.6 is 11.6 Å². The van der Waals surface area contributed by atoms with E-state index in [4.69, 9.17) is 11.6 Å². The molecule has 0 aliphatic carbocycles. The lowest BCUT2D eigenvalue weighted by Crippen LogP contribution is -2.20. The Labute approximate surface area is 126 Å². The van der Waals surface area contributed by atoms with E-state index in [0.717, 1.165) is 40.8 Å². The first-order valence-electron chi connectivity index (χ1n) is 6.99. The van der Waals surface area contributed by atoms with Crippen LogP contribution in [0.2, 0.25) is 5.02 Å². The molecule has 0 fully saturated rings. The van der Waals surface area contributed by atoms with E-state index in [-0.39, 0.29) is 0 Å². The molecule has 3 nitrogen and oxygen atoms in total. The molecule has 0 saturated carbocycles. The molecule has 2 aromatic rings. The van der Waals surface area contributed by atoms with Crippen molar-refractivity contribution in [3.05, 3.63) is 46.5 Å². The maximum Gasteiger partial charge on any atom is 0.0997 e. The zero-order valence-electron chi connectivity index (χ0n) is 12.6. The summed E-state index contributed by atoms with van der Waals surface area (Å²) < 4.78 is 2.10. The summed E-state index contributed by atoms with van der Waals surface area (Å²) in [5, 5.41) is 4.26. The number of hydrogen-bond donors (Lipinski definition) is 1. The van der Waals surface area contributed by atoms with Gasteiger partial charge in [-0.05, 0) is 38.4 Å². The third-order valence-corrected chi connectivity index (χ3v) is 3.81. The maximum absolute atomic E-state index is 6.38. The van der Waals surface area contributed by atoms with Crippen LogP contribution in [0, 0.1) is 19.8 Å². The van der Waals surface area contributed by atoms with Gasteiger partial charge >= 0.3 is 0 Å². The molecule has 0 bridgehead atoms. The fourth-order valence-corrected chi connectivity index (χ4v) is 2.41. The van der Waals surface area contributed by atoms with Crippen LogP contribution in [0.4, 0.5) is 0 Å². The second kappa shape index (κ2) is 6.42. The third kappa shape index (κ3) is 3.22. The number of nitrogens with zero attached hydrogens (tertiary/aromatic N) is 2. The Morgan fingerprint density at radius 3 is 2.65 bits per heavy atom. The van der Waals surface area contributed by atoms with Crippen molar-refractivity contribution in [3.8, 4) is 5.69 Å². The molecule has 0 spiro atoms. The Kier molecular flexibility index (Phi) is 4.84. The standard InChI is InChI=1S/C16H22ClN3/c1-11(2)8-18-9-14-15(17)6-5-7-16(14)20-10-19-12(3)13(20)4/h5-7,10-11,18H,8-9H2,1-4H3. The van der Waals surface area contributed by atoms with Crippen molar-refractivity contribution in [2.45, 2.75) is 34.2 Å². The molecule has 20 heavy (non-hydrogen) atoms. The highest BCUT2D eigenvalue weighted by molar-refractivity contribution is 6.31. The van der Waals surface area contributed by atoms with Crippen LogP contribution in [-0.2, 0) is 6.54 Å². The summed E-state index contributed by atoms with van der Waals surface area (Å²) in [5.74, 6) is 0.623. The van der Waals surface area contributed by atoms with E-state index < -0.39 is 0 Å². The van der Waals surface area contributed by atoms with Crippen LogP contribution in [0.5, 0.6) is 0 Å². The molecule has 4 heteroatoms. The molecule has 0 aliphatic heterocycles. The first kappa shape index (κ1) is 15.1. The number of halogens is 1. The van der Waals surface area contributed by atoms with Crippen LogP contribution in [-0.4, -0.2) is 16.1 Å². The number of hydrogen-bond acceptors (Lipinski definition) is 2. The van der Waals surface area contributed by atoms with Crippen LogP contribution in [0.3, 0.4) is 0 Å². The van der Waals surface area contributed by atoms with Gasteiger partial charge in [0.15, 0.2) is 0 Å². The normalized spacial score (nSPS) is 11.3. The Morgan fingerprint density at radius 2 is 2.05 bits per heavy atom. The predicted molar refractivity (Wildman–Crippen MR) is 84.6 cm³/mol. The molecule has 1 aromatic carbocycles. The zero-order valence-corrected chi connectivity index (χ0v) is 13.3.